The van der Waals surface area contributed by atoms with E-state index in [-0.39, 0.29) is 0 Å². The van der Waals surface area contributed by atoms with Gasteiger partial charge >= 0.3 is 7.48 Å². The molecule has 4 heteroatoms. The van der Waals surface area contributed by atoms with E-state index in [9.17, 15) is 0 Å². The van der Waals surface area contributed by atoms with Crippen molar-refractivity contribution in [3.8, 4) is 0 Å². The molecule has 0 aliphatic heterocycles. The number of hydrogen-bond donors (Lipinski definition) is 1. The third-order valence-electron chi connectivity index (χ3n) is 1.12. The van der Waals surface area contributed by atoms with Crippen molar-refractivity contribution in [3.63, 3.8) is 0 Å². The van der Waals surface area contributed by atoms with Gasteiger partial charge in [0.1, 0.15) is 0 Å². The lowest BCUT2D eigenvalue weighted by atomic mass is 9.89. The molecule has 10 heavy (non-hydrogen) atoms. The fourth-order valence-corrected chi connectivity index (χ4v) is 0.977. The smallest absolute Gasteiger partial charge is 0.328 e. The molecule has 0 fully saturated rings. The predicted octanol–water partition coefficient (Wildman–Crippen LogP) is 1.23. The van der Waals surface area contributed by atoms with Crippen molar-refractivity contribution in [1.29, 1.82) is 0 Å². The van der Waals surface area contributed by atoms with E-state index in [1.54, 1.807) is 18.2 Å². The Morgan fingerprint density at radius 3 is 2.50 bits per heavy atom. The second-order valence-corrected chi connectivity index (χ2v) is 2.56. The number of halogens is 2. The van der Waals surface area contributed by atoms with Crippen LogP contribution in [0.1, 0.15) is 0 Å². The molecule has 0 bridgehead atoms. The van der Waals surface area contributed by atoms with Crippen LogP contribution >= 0.6 is 23.2 Å². The van der Waals surface area contributed by atoms with Gasteiger partial charge in [-0.25, -0.2) is 0 Å². The van der Waals surface area contributed by atoms with E-state index in [4.69, 9.17) is 28.2 Å². The van der Waals surface area contributed by atoms with Crippen molar-refractivity contribution in [1.82, 2.24) is 0 Å². The van der Waals surface area contributed by atoms with Gasteiger partial charge in [0.15, 0.2) is 0 Å². The van der Waals surface area contributed by atoms with Gasteiger partial charge in [-0.3, -0.25) is 0 Å². The molecule has 0 unspecified atom stereocenters. The van der Waals surface area contributed by atoms with Gasteiger partial charge in [0.2, 0.25) is 0 Å². The van der Waals surface area contributed by atoms with Crippen LogP contribution in [0.5, 0.6) is 0 Å². The summed E-state index contributed by atoms with van der Waals surface area (Å²) in [4.78, 5) is 0. The number of hydrogen-bond acceptors (Lipinski definition) is 1. The Morgan fingerprint density at radius 1 is 1.30 bits per heavy atom. The Hall–Kier alpha value is -0.175. The summed E-state index contributed by atoms with van der Waals surface area (Å²) in [7, 11) is 0.925. The summed E-state index contributed by atoms with van der Waals surface area (Å²) >= 11 is 11.3. The lowest BCUT2D eigenvalue weighted by Gasteiger charge is -1.98. The van der Waals surface area contributed by atoms with Crippen molar-refractivity contribution < 1.29 is 5.02 Å². The molecule has 0 aliphatic rings. The normalized spacial score (nSPS) is 9.50. The molecule has 0 atom stereocenters. The Kier molecular flexibility index (Phi) is 2.60. The SMILES string of the molecule is O[B]c1cccc(Cl)c1Cl. The minimum absolute atomic E-state index is 0.381. The van der Waals surface area contributed by atoms with E-state index in [1.807, 2.05) is 0 Å². The fraction of sp³-hybridized carbons (Fsp3) is 0. The van der Waals surface area contributed by atoms with Crippen LogP contribution in [0.25, 0.3) is 0 Å². The van der Waals surface area contributed by atoms with Gasteiger partial charge in [0, 0.05) is 0 Å². The highest BCUT2D eigenvalue weighted by Gasteiger charge is 2.02. The third-order valence-corrected chi connectivity index (χ3v) is 1.95. The molecular formula is C6H4BCl2O. The molecular weight excluding hydrogens is 170 g/mol. The summed E-state index contributed by atoms with van der Waals surface area (Å²) in [6, 6.07) is 5.06. The maximum Gasteiger partial charge on any atom is 0.328 e. The van der Waals surface area contributed by atoms with E-state index >= 15 is 0 Å². The van der Waals surface area contributed by atoms with Gasteiger partial charge in [-0.2, -0.15) is 0 Å². The van der Waals surface area contributed by atoms with Crippen molar-refractivity contribution in [2.24, 2.45) is 0 Å². The Bertz CT molecular complexity index is 239. The number of rotatable bonds is 1. The largest absolute Gasteiger partial charge is 0.450 e. The molecule has 0 saturated carbocycles. The quantitative estimate of drug-likeness (QED) is 0.634. The van der Waals surface area contributed by atoms with Crippen LogP contribution in [-0.2, 0) is 0 Å². The van der Waals surface area contributed by atoms with Crippen LogP contribution in [0.3, 0.4) is 0 Å². The molecule has 0 heterocycles. The maximum atomic E-state index is 8.57. The van der Waals surface area contributed by atoms with Gasteiger partial charge in [0.25, 0.3) is 0 Å². The third kappa shape index (κ3) is 1.46. The van der Waals surface area contributed by atoms with Gasteiger partial charge < -0.3 is 5.02 Å². The summed E-state index contributed by atoms with van der Waals surface area (Å²) in [6.45, 7) is 0. The van der Waals surface area contributed by atoms with Crippen molar-refractivity contribution in [3.05, 3.63) is 28.2 Å². The van der Waals surface area contributed by atoms with Gasteiger partial charge in [-0.1, -0.05) is 35.3 Å². The lowest BCUT2D eigenvalue weighted by Crippen LogP contribution is -2.14. The van der Waals surface area contributed by atoms with E-state index in [1.165, 1.54) is 0 Å². The molecule has 0 saturated heterocycles. The standard InChI is InChI=1S/C6H4BCl2O/c8-5-3-1-2-4(7-10)6(5)9/h1-3,10H. The summed E-state index contributed by atoms with van der Waals surface area (Å²) in [6.07, 6.45) is 0. The zero-order valence-corrected chi connectivity index (χ0v) is 6.52. The average Bonchev–Trinajstić information content (AvgIpc) is 1.95. The summed E-state index contributed by atoms with van der Waals surface area (Å²) in [5.41, 5.74) is 0.536. The Morgan fingerprint density at radius 2 is 2.00 bits per heavy atom. The Balaban J connectivity index is 3.14. The van der Waals surface area contributed by atoms with Crippen LogP contribution < -0.4 is 5.46 Å². The maximum absolute atomic E-state index is 8.57. The van der Waals surface area contributed by atoms with Crippen LogP contribution in [0.4, 0.5) is 0 Å². The molecule has 1 nitrogen and oxygen atoms in total. The summed E-state index contributed by atoms with van der Waals surface area (Å²) in [5.74, 6) is 0. The number of benzene rings is 1. The first-order valence-electron chi connectivity index (χ1n) is 2.67. The summed E-state index contributed by atoms with van der Waals surface area (Å²) in [5, 5.41) is 9.40. The minimum atomic E-state index is 0.381. The van der Waals surface area contributed by atoms with Gasteiger partial charge in [0.05, 0.1) is 10.0 Å². The second-order valence-electron chi connectivity index (χ2n) is 1.77. The molecule has 1 N–H and O–H groups in total. The van der Waals surface area contributed by atoms with Crippen molar-refractivity contribution >= 4 is 36.1 Å². The van der Waals surface area contributed by atoms with Crippen LogP contribution in [0.2, 0.25) is 10.0 Å². The zero-order chi connectivity index (χ0) is 7.56. The van der Waals surface area contributed by atoms with Crippen LogP contribution in [0.15, 0.2) is 18.2 Å². The van der Waals surface area contributed by atoms with Crippen LogP contribution in [-0.4, -0.2) is 12.5 Å². The summed E-state index contributed by atoms with van der Waals surface area (Å²) < 4.78 is 0. The minimum Gasteiger partial charge on any atom is -0.450 e. The van der Waals surface area contributed by atoms with E-state index in [2.05, 4.69) is 0 Å². The first-order chi connectivity index (χ1) is 4.75. The van der Waals surface area contributed by atoms with Crippen molar-refractivity contribution in [2.75, 3.05) is 0 Å². The van der Waals surface area contributed by atoms with Gasteiger partial charge in [-0.05, 0) is 11.5 Å². The molecule has 1 radical (unpaired) electrons. The van der Waals surface area contributed by atoms with E-state index in [0.29, 0.717) is 15.5 Å². The molecule has 1 rings (SSSR count). The highest BCUT2D eigenvalue weighted by atomic mass is 35.5. The monoisotopic (exact) mass is 173 g/mol. The topological polar surface area (TPSA) is 20.2 Å². The molecule has 0 aromatic heterocycles. The molecule has 1 aromatic carbocycles. The fourth-order valence-electron chi connectivity index (χ4n) is 0.620. The second kappa shape index (κ2) is 3.29. The molecule has 51 valence electrons. The van der Waals surface area contributed by atoms with Gasteiger partial charge in [-0.15, -0.1) is 0 Å². The first-order valence-corrected chi connectivity index (χ1v) is 3.42. The van der Waals surface area contributed by atoms with E-state index < -0.39 is 0 Å². The first kappa shape index (κ1) is 7.93. The predicted molar refractivity (Wildman–Crippen MR) is 44.1 cm³/mol. The molecule has 1 aromatic rings. The van der Waals surface area contributed by atoms with E-state index in [0.717, 1.165) is 7.48 Å². The molecule has 0 amide bonds. The Labute approximate surface area is 69.9 Å². The van der Waals surface area contributed by atoms with Crippen LogP contribution in [0, 0.1) is 0 Å². The van der Waals surface area contributed by atoms with Crippen molar-refractivity contribution in [2.45, 2.75) is 0 Å². The molecule has 0 aliphatic carbocycles. The zero-order valence-electron chi connectivity index (χ0n) is 5.01. The highest BCUT2D eigenvalue weighted by Crippen LogP contribution is 2.17. The molecule has 0 spiro atoms. The lowest BCUT2D eigenvalue weighted by molar-refractivity contribution is 0.615. The average molecular weight is 174 g/mol. The highest BCUT2D eigenvalue weighted by molar-refractivity contribution is 6.55.